The van der Waals surface area contributed by atoms with Crippen molar-refractivity contribution < 1.29 is 14.9 Å². The number of hydrogen-bond acceptors (Lipinski definition) is 3. The van der Waals surface area contributed by atoms with Crippen LogP contribution in [0.25, 0.3) is 11.1 Å². The van der Waals surface area contributed by atoms with Gasteiger partial charge < -0.3 is 14.9 Å². The number of rotatable bonds is 6. The summed E-state index contributed by atoms with van der Waals surface area (Å²) in [6, 6.07) is 24.8. The molecule has 0 unspecified atom stereocenters. The van der Waals surface area contributed by atoms with Crippen LogP contribution in [0.5, 0.6) is 23.0 Å². The van der Waals surface area contributed by atoms with Crippen LogP contribution in [0.1, 0.15) is 72.9 Å². The van der Waals surface area contributed by atoms with Gasteiger partial charge in [-0.3, -0.25) is 0 Å². The van der Waals surface area contributed by atoms with E-state index in [0.717, 1.165) is 49.7 Å². The van der Waals surface area contributed by atoms with Crippen molar-refractivity contribution in [3.63, 3.8) is 0 Å². The van der Waals surface area contributed by atoms with Crippen molar-refractivity contribution in [2.24, 2.45) is 0 Å². The van der Waals surface area contributed by atoms with Gasteiger partial charge in [0.25, 0.3) is 0 Å². The van der Waals surface area contributed by atoms with E-state index in [1.807, 2.05) is 12.1 Å². The molecule has 0 radical (unpaired) electrons. The second-order valence-electron chi connectivity index (χ2n) is 10.2. The molecule has 182 valence electrons. The van der Waals surface area contributed by atoms with Gasteiger partial charge in [-0.15, -0.1) is 0 Å². The highest BCUT2D eigenvalue weighted by molar-refractivity contribution is 5.89. The summed E-state index contributed by atoms with van der Waals surface area (Å²) in [7, 11) is 0. The zero-order chi connectivity index (χ0) is 24.9. The molecule has 1 aliphatic heterocycles. The van der Waals surface area contributed by atoms with Crippen LogP contribution in [0.2, 0.25) is 0 Å². The predicted octanol–water partition coefficient (Wildman–Crippen LogP) is 8.25. The number of fused-ring (bicyclic) bond motifs is 9. The quantitative estimate of drug-likeness (QED) is 0.254. The summed E-state index contributed by atoms with van der Waals surface area (Å²) in [5.74, 6) is 1.59. The van der Waals surface area contributed by atoms with Crippen molar-refractivity contribution in [2.75, 3.05) is 0 Å². The monoisotopic (exact) mass is 476 g/mol. The molecular weight excluding hydrogens is 444 g/mol. The molecule has 0 fully saturated rings. The third kappa shape index (κ3) is 3.33. The maximum atomic E-state index is 10.4. The first-order valence-electron chi connectivity index (χ1n) is 13.2. The third-order valence-electron chi connectivity index (χ3n) is 7.86. The average molecular weight is 477 g/mol. The van der Waals surface area contributed by atoms with Gasteiger partial charge in [-0.1, -0.05) is 75.2 Å². The van der Waals surface area contributed by atoms with Crippen molar-refractivity contribution in [3.8, 4) is 34.1 Å². The zero-order valence-electron chi connectivity index (χ0n) is 21.0. The van der Waals surface area contributed by atoms with Gasteiger partial charge in [-0.25, -0.2) is 0 Å². The largest absolute Gasteiger partial charge is 0.508 e. The van der Waals surface area contributed by atoms with Crippen molar-refractivity contribution in [3.05, 3.63) is 106 Å². The van der Waals surface area contributed by atoms with Crippen molar-refractivity contribution in [1.82, 2.24) is 0 Å². The zero-order valence-corrected chi connectivity index (χ0v) is 21.0. The molecule has 2 N–H and O–H groups in total. The van der Waals surface area contributed by atoms with E-state index >= 15 is 0 Å². The molecule has 2 aliphatic rings. The highest BCUT2D eigenvalue weighted by Crippen LogP contribution is 2.62. The molecule has 1 aliphatic carbocycles. The molecule has 0 saturated heterocycles. The third-order valence-corrected chi connectivity index (χ3v) is 7.86. The Morgan fingerprint density at radius 3 is 1.50 bits per heavy atom. The summed E-state index contributed by atoms with van der Waals surface area (Å²) >= 11 is 0. The van der Waals surface area contributed by atoms with Crippen LogP contribution >= 0.6 is 0 Å². The molecule has 1 spiro atoms. The molecule has 0 bridgehead atoms. The van der Waals surface area contributed by atoms with Crippen LogP contribution in [-0.4, -0.2) is 10.2 Å². The second-order valence-corrected chi connectivity index (χ2v) is 10.2. The van der Waals surface area contributed by atoms with E-state index in [2.05, 4.69) is 50.2 Å². The molecule has 0 amide bonds. The summed E-state index contributed by atoms with van der Waals surface area (Å²) in [5.41, 5.74) is 9.13. The fourth-order valence-electron chi connectivity index (χ4n) is 6.15. The first-order valence-corrected chi connectivity index (χ1v) is 13.2. The van der Waals surface area contributed by atoms with Gasteiger partial charge in [0, 0.05) is 23.3 Å². The molecule has 3 nitrogen and oxygen atoms in total. The SMILES string of the molecule is CCCCc1ccc2c(c1)C1(c3ccc(O)cc3Oc3cc(O)ccc31)c1cc(CCCC)ccc1-2. The van der Waals surface area contributed by atoms with Crippen molar-refractivity contribution in [2.45, 2.75) is 57.8 Å². The lowest BCUT2D eigenvalue weighted by Gasteiger charge is -2.39. The minimum absolute atomic E-state index is 0.166. The maximum absolute atomic E-state index is 10.4. The van der Waals surface area contributed by atoms with E-state index in [1.54, 1.807) is 24.3 Å². The smallest absolute Gasteiger partial charge is 0.135 e. The lowest BCUT2D eigenvalue weighted by molar-refractivity contribution is 0.417. The molecule has 4 aromatic carbocycles. The van der Waals surface area contributed by atoms with E-state index in [4.69, 9.17) is 4.74 Å². The van der Waals surface area contributed by atoms with Crippen LogP contribution in [0, 0.1) is 0 Å². The molecule has 1 heterocycles. The van der Waals surface area contributed by atoms with Crippen molar-refractivity contribution >= 4 is 0 Å². The van der Waals surface area contributed by atoms with Crippen LogP contribution in [-0.2, 0) is 18.3 Å². The van der Waals surface area contributed by atoms with Crippen LogP contribution < -0.4 is 4.74 Å². The Morgan fingerprint density at radius 1 is 0.583 bits per heavy atom. The molecule has 0 atom stereocenters. The lowest BCUT2D eigenvalue weighted by Crippen LogP contribution is -2.32. The van der Waals surface area contributed by atoms with Crippen LogP contribution in [0.15, 0.2) is 72.8 Å². The van der Waals surface area contributed by atoms with Gasteiger partial charge >= 0.3 is 0 Å². The molecule has 36 heavy (non-hydrogen) atoms. The van der Waals surface area contributed by atoms with Gasteiger partial charge in [-0.2, -0.15) is 0 Å². The van der Waals surface area contributed by atoms with E-state index in [9.17, 15) is 10.2 Å². The number of aryl methyl sites for hydroxylation is 2. The number of benzene rings is 4. The summed E-state index contributed by atoms with van der Waals surface area (Å²) < 4.78 is 6.33. The average Bonchev–Trinajstić information content (AvgIpc) is 3.15. The first-order chi connectivity index (χ1) is 17.6. The minimum atomic E-state index is -0.584. The Hall–Kier alpha value is -3.72. The molecule has 4 aromatic rings. The summed E-state index contributed by atoms with van der Waals surface area (Å²) in [5, 5.41) is 20.7. The van der Waals surface area contributed by atoms with Gasteiger partial charge in [0.05, 0.1) is 5.41 Å². The van der Waals surface area contributed by atoms with Crippen LogP contribution in [0.3, 0.4) is 0 Å². The highest BCUT2D eigenvalue weighted by Gasteiger charge is 2.51. The Balaban J connectivity index is 1.71. The molecule has 0 aromatic heterocycles. The van der Waals surface area contributed by atoms with Gasteiger partial charge in [0.15, 0.2) is 0 Å². The summed E-state index contributed by atoms with van der Waals surface area (Å²) in [6.07, 6.45) is 6.69. The van der Waals surface area contributed by atoms with Crippen molar-refractivity contribution in [1.29, 1.82) is 0 Å². The number of phenolic OH excluding ortho intramolecular Hbond substituents is 2. The Morgan fingerprint density at radius 2 is 1.06 bits per heavy atom. The van der Waals surface area contributed by atoms with Crippen LogP contribution in [0.4, 0.5) is 0 Å². The fraction of sp³-hybridized carbons (Fsp3) is 0.273. The molecule has 0 saturated carbocycles. The number of hydrogen-bond donors (Lipinski definition) is 2. The lowest BCUT2D eigenvalue weighted by atomic mass is 9.65. The Bertz CT molecular complexity index is 1360. The maximum Gasteiger partial charge on any atom is 0.135 e. The van der Waals surface area contributed by atoms with E-state index in [1.165, 1.54) is 33.4 Å². The summed E-state index contributed by atoms with van der Waals surface area (Å²) in [4.78, 5) is 0. The van der Waals surface area contributed by atoms with Gasteiger partial charge in [0.1, 0.15) is 23.0 Å². The topological polar surface area (TPSA) is 49.7 Å². The Labute approximate surface area is 213 Å². The van der Waals surface area contributed by atoms with E-state index in [0.29, 0.717) is 11.5 Å². The van der Waals surface area contributed by atoms with E-state index < -0.39 is 5.41 Å². The molecule has 3 heteroatoms. The Kier molecular flexibility index (Phi) is 5.52. The number of unbranched alkanes of at least 4 members (excludes halogenated alkanes) is 2. The number of aromatic hydroxyl groups is 2. The first kappa shape index (κ1) is 22.7. The second kappa shape index (κ2) is 8.74. The number of phenols is 2. The number of ether oxygens (including phenoxy) is 1. The van der Waals surface area contributed by atoms with Gasteiger partial charge in [0.2, 0.25) is 0 Å². The summed E-state index contributed by atoms with van der Waals surface area (Å²) in [6.45, 7) is 4.46. The molecular formula is C33H32O3. The fourth-order valence-corrected chi connectivity index (χ4v) is 6.15. The predicted molar refractivity (Wildman–Crippen MR) is 144 cm³/mol. The normalized spacial score (nSPS) is 14.1. The van der Waals surface area contributed by atoms with Gasteiger partial charge in [-0.05, 0) is 71.2 Å². The highest BCUT2D eigenvalue weighted by atomic mass is 16.5. The standard InChI is InChI=1S/C33H32O3/c1-3-5-7-21-9-13-25-26-14-10-22(8-6-4-2)18-30(26)33(29(25)17-21)27-15-11-23(34)19-31(27)36-32-20-24(35)12-16-28(32)33/h9-20,34-35H,3-8H2,1-2H3. The molecule has 6 rings (SSSR count). The van der Waals surface area contributed by atoms with E-state index in [-0.39, 0.29) is 11.5 Å². The minimum Gasteiger partial charge on any atom is -0.508 e.